The van der Waals surface area contributed by atoms with E-state index in [-0.39, 0.29) is 11.5 Å². The lowest BCUT2D eigenvalue weighted by Crippen LogP contribution is -2.37. The number of aromatic nitrogens is 4. The minimum atomic E-state index is -0.924. The fraction of sp³-hybridized carbons (Fsp3) is 0.268. The van der Waals surface area contributed by atoms with E-state index in [0.717, 1.165) is 92.7 Å². The zero-order valence-electron chi connectivity index (χ0n) is 30.0. The topological polar surface area (TPSA) is 143 Å². The highest BCUT2D eigenvalue weighted by Crippen LogP contribution is 2.33. The van der Waals surface area contributed by atoms with E-state index in [0.29, 0.717) is 32.0 Å². The number of carbonyl (C=O) groups is 2. The van der Waals surface area contributed by atoms with Crippen LogP contribution in [0, 0.1) is 13.8 Å². The van der Waals surface area contributed by atoms with Crippen LogP contribution in [0.3, 0.4) is 0 Å². The summed E-state index contributed by atoms with van der Waals surface area (Å²) in [5, 5.41) is 33.2. The molecule has 0 bridgehead atoms. The third-order valence-electron chi connectivity index (χ3n) is 9.74. The highest BCUT2D eigenvalue weighted by atomic mass is 16.5. The Kier molecular flexibility index (Phi) is 10.5. The molecule has 2 N–H and O–H groups in total. The highest BCUT2D eigenvalue weighted by Gasteiger charge is 2.18. The van der Waals surface area contributed by atoms with Gasteiger partial charge in [0.2, 0.25) is 0 Å². The first-order chi connectivity index (χ1) is 25.8. The van der Waals surface area contributed by atoms with Crippen LogP contribution in [0.1, 0.15) is 31.8 Å². The summed E-state index contributed by atoms with van der Waals surface area (Å²) in [7, 11) is 1.64. The third-order valence-corrected chi connectivity index (χ3v) is 9.74. The lowest BCUT2D eigenvalue weighted by atomic mass is 9.96. The minimum absolute atomic E-state index is 0.0856. The number of carboxylic acids is 1. The fourth-order valence-electron chi connectivity index (χ4n) is 6.78. The van der Waals surface area contributed by atoms with E-state index in [1.807, 2.05) is 49.4 Å². The lowest BCUT2D eigenvalue weighted by Gasteiger charge is -2.28. The molecule has 4 heterocycles. The Morgan fingerprint density at radius 3 is 1.55 bits per heavy atom. The van der Waals surface area contributed by atoms with E-state index in [1.54, 1.807) is 31.6 Å². The molecule has 0 unspecified atom stereocenters. The predicted octanol–water partition coefficient (Wildman–Crippen LogP) is 5.94. The summed E-state index contributed by atoms with van der Waals surface area (Å²) in [6.45, 7) is 10.1. The number of carboxylic acid groups (broad SMARTS) is 1. The first-order valence-corrected chi connectivity index (χ1v) is 17.6. The lowest BCUT2D eigenvalue weighted by molar-refractivity contribution is 0.0696. The molecule has 1 amide bonds. The van der Waals surface area contributed by atoms with Crippen molar-refractivity contribution < 1.29 is 24.2 Å². The molecule has 53 heavy (non-hydrogen) atoms. The number of aromatic carboxylic acids is 1. The molecule has 0 aliphatic carbocycles. The van der Waals surface area contributed by atoms with Crippen molar-refractivity contribution >= 4 is 45.1 Å². The average Bonchev–Trinajstić information content (AvgIpc) is 3.21. The zero-order chi connectivity index (χ0) is 36.9. The Bertz CT molecular complexity index is 2300. The summed E-state index contributed by atoms with van der Waals surface area (Å²) in [5.41, 5.74) is 7.08. The summed E-state index contributed by atoms with van der Waals surface area (Å²) in [6.07, 6.45) is 3.54. The van der Waals surface area contributed by atoms with Gasteiger partial charge in [-0.1, -0.05) is 24.3 Å². The number of hydrogen-bond donors (Lipinski definition) is 2. The van der Waals surface area contributed by atoms with Crippen molar-refractivity contribution in [1.82, 2.24) is 25.7 Å². The van der Waals surface area contributed by atoms with E-state index < -0.39 is 5.97 Å². The number of hydrogen-bond acceptors (Lipinski definition) is 10. The molecule has 0 spiro atoms. The number of nitrogens with one attached hydrogen (secondary N) is 1. The smallest absolute Gasteiger partial charge is 0.335 e. The van der Waals surface area contributed by atoms with Crippen LogP contribution in [0.5, 0.6) is 0 Å². The zero-order valence-corrected chi connectivity index (χ0v) is 30.0. The summed E-state index contributed by atoms with van der Waals surface area (Å²) in [5.74, 6) is 0.761. The van der Waals surface area contributed by atoms with E-state index >= 15 is 0 Å². The maximum atomic E-state index is 12.0. The SMILES string of the molecule is CNC(=O)c1ccc(C)c(-c2ccc3c(N4CCOCC4)nncc3c2)c1.Cc1ccc(C(=O)O)cc1-c1ccc2c(N3CCOCC3)nncc2c1. The third kappa shape index (κ3) is 7.64. The highest BCUT2D eigenvalue weighted by molar-refractivity contribution is 5.98. The Morgan fingerprint density at radius 2 is 1.09 bits per heavy atom. The second kappa shape index (κ2) is 15.7. The van der Waals surface area contributed by atoms with Crippen molar-refractivity contribution in [3.05, 3.63) is 107 Å². The normalized spacial score (nSPS) is 14.5. The van der Waals surface area contributed by atoms with E-state index in [4.69, 9.17) is 9.47 Å². The molecule has 0 radical (unpaired) electrons. The van der Waals surface area contributed by atoms with Crippen LogP contribution < -0.4 is 15.1 Å². The maximum absolute atomic E-state index is 12.0. The van der Waals surface area contributed by atoms with Gasteiger partial charge in [-0.05, 0) is 95.8 Å². The molecule has 4 aromatic carbocycles. The Labute approximate surface area is 307 Å². The fourth-order valence-corrected chi connectivity index (χ4v) is 6.78. The van der Waals surface area contributed by atoms with Crippen LogP contribution >= 0.6 is 0 Å². The predicted molar refractivity (Wildman–Crippen MR) is 206 cm³/mol. The van der Waals surface area contributed by atoms with Crippen LogP contribution in [0.4, 0.5) is 11.6 Å². The van der Waals surface area contributed by atoms with Crippen molar-refractivity contribution in [2.45, 2.75) is 13.8 Å². The van der Waals surface area contributed by atoms with Gasteiger partial charge >= 0.3 is 5.97 Å². The van der Waals surface area contributed by atoms with Gasteiger partial charge in [0.15, 0.2) is 11.6 Å². The Hall–Kier alpha value is -5.98. The molecule has 8 rings (SSSR count). The number of fused-ring (bicyclic) bond motifs is 2. The number of morpholine rings is 2. The second-order valence-corrected chi connectivity index (χ2v) is 13.1. The van der Waals surface area contributed by atoms with Crippen molar-refractivity contribution in [3.63, 3.8) is 0 Å². The first-order valence-electron chi connectivity index (χ1n) is 17.6. The molecule has 0 saturated carbocycles. The van der Waals surface area contributed by atoms with E-state index in [9.17, 15) is 14.7 Å². The number of benzene rings is 4. The van der Waals surface area contributed by atoms with Gasteiger partial charge in [-0.25, -0.2) is 4.79 Å². The molecule has 0 atom stereocenters. The molecule has 12 nitrogen and oxygen atoms in total. The van der Waals surface area contributed by atoms with Gasteiger partial charge in [0.05, 0.1) is 44.4 Å². The molecule has 2 saturated heterocycles. The van der Waals surface area contributed by atoms with Gasteiger partial charge in [-0.2, -0.15) is 10.2 Å². The summed E-state index contributed by atoms with van der Waals surface area (Å²) < 4.78 is 10.9. The largest absolute Gasteiger partial charge is 0.478 e. The van der Waals surface area contributed by atoms with Crippen LogP contribution in [-0.2, 0) is 9.47 Å². The summed E-state index contributed by atoms with van der Waals surface area (Å²) in [6, 6.07) is 23.3. The molecule has 2 aliphatic rings. The maximum Gasteiger partial charge on any atom is 0.335 e. The van der Waals surface area contributed by atoms with E-state index in [2.05, 4.69) is 60.6 Å². The summed E-state index contributed by atoms with van der Waals surface area (Å²) in [4.78, 5) is 27.7. The number of nitrogens with zero attached hydrogens (tertiary/aromatic N) is 6. The Morgan fingerprint density at radius 1 is 0.642 bits per heavy atom. The monoisotopic (exact) mass is 711 g/mol. The van der Waals surface area contributed by atoms with Crippen LogP contribution in [0.25, 0.3) is 43.8 Å². The number of amides is 1. The number of anilines is 2. The summed E-state index contributed by atoms with van der Waals surface area (Å²) >= 11 is 0. The van der Waals surface area contributed by atoms with Crippen molar-refractivity contribution in [1.29, 1.82) is 0 Å². The van der Waals surface area contributed by atoms with Crippen LogP contribution in [0.2, 0.25) is 0 Å². The minimum Gasteiger partial charge on any atom is -0.478 e. The number of rotatable bonds is 6. The van der Waals surface area contributed by atoms with Gasteiger partial charge < -0.3 is 29.7 Å². The molecule has 2 fully saturated rings. The van der Waals surface area contributed by atoms with Crippen molar-refractivity contribution in [2.75, 3.05) is 69.5 Å². The molecular formula is C41H41N7O5. The van der Waals surface area contributed by atoms with Gasteiger partial charge in [-0.15, -0.1) is 10.2 Å². The molecule has 12 heteroatoms. The first kappa shape index (κ1) is 35.4. The molecule has 270 valence electrons. The molecule has 2 aliphatic heterocycles. The molecule has 2 aromatic heterocycles. The number of aryl methyl sites for hydroxylation is 2. The molecule has 6 aromatic rings. The van der Waals surface area contributed by atoms with Gasteiger partial charge in [0, 0.05) is 60.3 Å². The van der Waals surface area contributed by atoms with Gasteiger partial charge in [-0.3, -0.25) is 4.79 Å². The van der Waals surface area contributed by atoms with Gasteiger partial charge in [0.25, 0.3) is 5.91 Å². The quantitative estimate of drug-likeness (QED) is 0.212. The molecular weight excluding hydrogens is 670 g/mol. The van der Waals surface area contributed by atoms with Crippen LogP contribution in [-0.4, -0.2) is 97.0 Å². The van der Waals surface area contributed by atoms with E-state index in [1.165, 1.54) is 0 Å². The van der Waals surface area contributed by atoms with Gasteiger partial charge in [0.1, 0.15) is 0 Å². The number of ether oxygens (including phenoxy) is 2. The van der Waals surface area contributed by atoms with Crippen LogP contribution in [0.15, 0.2) is 85.2 Å². The Balaban J connectivity index is 0.000000164. The average molecular weight is 712 g/mol. The van der Waals surface area contributed by atoms with Crippen molar-refractivity contribution in [3.8, 4) is 22.3 Å². The second-order valence-electron chi connectivity index (χ2n) is 13.1. The van der Waals surface area contributed by atoms with Crippen molar-refractivity contribution in [2.24, 2.45) is 0 Å². The standard InChI is InChI=1S/C21H22N4O2.C20H19N3O3/c1-14-3-4-16(21(26)22-2)12-19(14)15-5-6-18-17(11-15)13-23-24-20(18)25-7-9-27-10-8-25;1-13-2-3-15(20(24)25)11-18(13)14-4-5-17-16(10-14)12-21-22-19(17)23-6-8-26-9-7-23/h3-6,11-13H,7-10H2,1-2H3,(H,22,26);2-5,10-12H,6-9H2,1H3,(H,24,25). The number of carbonyl (C=O) groups excluding carboxylic acids is 1.